The monoisotopic (exact) mass is 293 g/mol. The molecule has 2 unspecified atom stereocenters. The highest BCUT2D eigenvalue weighted by molar-refractivity contribution is 5.34. The Hall–Kier alpha value is -2.36. The van der Waals surface area contributed by atoms with Gasteiger partial charge in [0.1, 0.15) is 12.2 Å². The van der Waals surface area contributed by atoms with E-state index in [0.29, 0.717) is 0 Å². The lowest BCUT2D eigenvalue weighted by Crippen LogP contribution is -2.04. The van der Waals surface area contributed by atoms with E-state index in [0.717, 1.165) is 22.4 Å². The number of hydrogen-bond donors (Lipinski definition) is 2. The third kappa shape index (κ3) is 2.82. The number of nitrogens with zero attached hydrogens (tertiary/aromatic N) is 1. The van der Waals surface area contributed by atoms with Crippen LogP contribution in [0.5, 0.6) is 0 Å². The van der Waals surface area contributed by atoms with Crippen LogP contribution in [0.4, 0.5) is 0 Å². The van der Waals surface area contributed by atoms with Crippen LogP contribution in [0.15, 0.2) is 72.9 Å². The second-order valence-electron chi connectivity index (χ2n) is 5.44. The molecule has 2 N–H and O–H groups in total. The fraction of sp³-hybridized carbons (Fsp3) is 0.158. The molecule has 0 saturated carbocycles. The molecule has 3 heteroatoms. The Morgan fingerprint density at radius 1 is 0.727 bits per heavy atom. The molecule has 0 saturated heterocycles. The van der Waals surface area contributed by atoms with E-state index in [1.807, 2.05) is 84.5 Å². The fourth-order valence-corrected chi connectivity index (χ4v) is 2.66. The van der Waals surface area contributed by atoms with Crippen LogP contribution < -0.4 is 0 Å². The summed E-state index contributed by atoms with van der Waals surface area (Å²) in [6.07, 6.45) is 0.464. The number of rotatable bonds is 4. The second kappa shape index (κ2) is 6.18. The highest BCUT2D eigenvalue weighted by Crippen LogP contribution is 2.28. The number of benzene rings is 2. The number of aliphatic hydroxyl groups is 2. The average Bonchev–Trinajstić information content (AvgIpc) is 2.97. The molecule has 0 aliphatic heterocycles. The molecular weight excluding hydrogens is 274 g/mol. The van der Waals surface area contributed by atoms with Gasteiger partial charge in [-0.15, -0.1) is 0 Å². The molecule has 1 aromatic heterocycles. The molecule has 0 aliphatic carbocycles. The van der Waals surface area contributed by atoms with Crippen molar-refractivity contribution in [2.45, 2.75) is 12.2 Å². The first kappa shape index (κ1) is 14.6. The van der Waals surface area contributed by atoms with E-state index in [1.165, 1.54) is 0 Å². The summed E-state index contributed by atoms with van der Waals surface area (Å²) < 4.78 is 1.86. The zero-order chi connectivity index (χ0) is 15.5. The van der Waals surface area contributed by atoms with Crippen molar-refractivity contribution in [1.29, 1.82) is 0 Å². The molecule has 3 rings (SSSR count). The van der Waals surface area contributed by atoms with E-state index in [4.69, 9.17) is 0 Å². The minimum Gasteiger partial charge on any atom is -0.384 e. The predicted molar refractivity (Wildman–Crippen MR) is 86.4 cm³/mol. The molecule has 2 aromatic carbocycles. The van der Waals surface area contributed by atoms with Gasteiger partial charge in [-0.25, -0.2) is 0 Å². The maximum absolute atomic E-state index is 10.5. The zero-order valence-electron chi connectivity index (χ0n) is 12.4. The molecule has 1 heterocycles. The molecule has 0 amide bonds. The first-order valence-corrected chi connectivity index (χ1v) is 7.29. The van der Waals surface area contributed by atoms with Gasteiger partial charge in [0.15, 0.2) is 0 Å². The van der Waals surface area contributed by atoms with Crippen molar-refractivity contribution in [2.24, 2.45) is 7.05 Å². The largest absolute Gasteiger partial charge is 0.384 e. The van der Waals surface area contributed by atoms with E-state index < -0.39 is 12.2 Å². The van der Waals surface area contributed by atoms with Gasteiger partial charge in [-0.05, 0) is 17.2 Å². The van der Waals surface area contributed by atoms with Crippen molar-refractivity contribution in [2.75, 3.05) is 0 Å². The summed E-state index contributed by atoms with van der Waals surface area (Å²) >= 11 is 0. The summed E-state index contributed by atoms with van der Waals surface area (Å²) in [6.45, 7) is 0. The standard InChI is InChI=1S/C19H19NO2/c1-20-13-16(18(21)14-8-4-2-5-9-14)12-17(20)19(22)15-10-6-3-7-11-15/h2-13,18-19,21-22H,1H3. The van der Waals surface area contributed by atoms with Gasteiger partial charge < -0.3 is 14.8 Å². The Labute approximate surface area is 130 Å². The van der Waals surface area contributed by atoms with Crippen molar-refractivity contribution >= 4 is 0 Å². The minimum absolute atomic E-state index is 0.691. The molecule has 2 atom stereocenters. The lowest BCUT2D eigenvalue weighted by Gasteiger charge is -2.12. The van der Waals surface area contributed by atoms with E-state index in [9.17, 15) is 10.2 Å². The van der Waals surface area contributed by atoms with E-state index >= 15 is 0 Å². The van der Waals surface area contributed by atoms with Gasteiger partial charge in [-0.2, -0.15) is 0 Å². The summed E-state index contributed by atoms with van der Waals surface area (Å²) in [6, 6.07) is 20.9. The van der Waals surface area contributed by atoms with Crippen LogP contribution >= 0.6 is 0 Å². The lowest BCUT2D eigenvalue weighted by atomic mass is 10.0. The summed E-state index contributed by atoms with van der Waals surface area (Å²) in [7, 11) is 1.88. The fourth-order valence-electron chi connectivity index (χ4n) is 2.66. The van der Waals surface area contributed by atoms with Crippen molar-refractivity contribution in [1.82, 2.24) is 4.57 Å². The Morgan fingerprint density at radius 3 is 1.77 bits per heavy atom. The third-order valence-electron chi connectivity index (χ3n) is 3.89. The predicted octanol–water partition coefficient (Wildman–Crippen LogP) is 3.19. The van der Waals surface area contributed by atoms with Crippen LogP contribution in [-0.4, -0.2) is 14.8 Å². The number of aryl methyl sites for hydroxylation is 1. The lowest BCUT2D eigenvalue weighted by molar-refractivity contribution is 0.211. The molecule has 0 fully saturated rings. The highest BCUT2D eigenvalue weighted by Gasteiger charge is 2.18. The van der Waals surface area contributed by atoms with E-state index in [1.54, 1.807) is 0 Å². The van der Waals surface area contributed by atoms with Gasteiger partial charge in [-0.1, -0.05) is 60.7 Å². The first-order chi connectivity index (χ1) is 10.7. The molecule has 0 radical (unpaired) electrons. The van der Waals surface area contributed by atoms with Crippen molar-refractivity contribution < 1.29 is 10.2 Å². The Morgan fingerprint density at radius 2 is 1.23 bits per heavy atom. The number of aromatic nitrogens is 1. The van der Waals surface area contributed by atoms with Crippen molar-refractivity contribution in [3.05, 3.63) is 95.3 Å². The van der Waals surface area contributed by atoms with Gasteiger partial charge in [0.25, 0.3) is 0 Å². The zero-order valence-corrected chi connectivity index (χ0v) is 12.4. The highest BCUT2D eigenvalue weighted by atomic mass is 16.3. The van der Waals surface area contributed by atoms with E-state index in [-0.39, 0.29) is 0 Å². The minimum atomic E-state index is -0.706. The average molecular weight is 293 g/mol. The van der Waals surface area contributed by atoms with Gasteiger partial charge in [0.05, 0.1) is 5.69 Å². The normalized spacial score (nSPS) is 13.8. The smallest absolute Gasteiger partial charge is 0.119 e. The number of hydrogen-bond acceptors (Lipinski definition) is 2. The molecule has 3 nitrogen and oxygen atoms in total. The van der Waals surface area contributed by atoms with Crippen LogP contribution in [0.1, 0.15) is 34.6 Å². The van der Waals surface area contributed by atoms with Gasteiger partial charge >= 0.3 is 0 Å². The van der Waals surface area contributed by atoms with Crippen LogP contribution in [0.25, 0.3) is 0 Å². The van der Waals surface area contributed by atoms with Crippen molar-refractivity contribution in [3.8, 4) is 0 Å². The van der Waals surface area contributed by atoms with E-state index in [2.05, 4.69) is 0 Å². The Kier molecular flexibility index (Phi) is 4.09. The molecular formula is C19H19NO2. The van der Waals surface area contributed by atoms with Gasteiger partial charge in [0, 0.05) is 18.8 Å². The maximum Gasteiger partial charge on any atom is 0.119 e. The summed E-state index contributed by atoms with van der Waals surface area (Å²) in [5, 5.41) is 21.0. The summed E-state index contributed by atoms with van der Waals surface area (Å²) in [5.41, 5.74) is 3.22. The quantitative estimate of drug-likeness (QED) is 0.776. The topological polar surface area (TPSA) is 45.4 Å². The molecule has 3 aromatic rings. The first-order valence-electron chi connectivity index (χ1n) is 7.29. The maximum atomic E-state index is 10.5. The summed E-state index contributed by atoms with van der Waals surface area (Å²) in [4.78, 5) is 0. The molecule has 112 valence electrons. The Bertz CT molecular complexity index is 735. The van der Waals surface area contributed by atoms with Gasteiger partial charge in [0.2, 0.25) is 0 Å². The van der Waals surface area contributed by atoms with Crippen molar-refractivity contribution in [3.63, 3.8) is 0 Å². The molecule has 0 bridgehead atoms. The third-order valence-corrected chi connectivity index (χ3v) is 3.89. The van der Waals surface area contributed by atoms with Crippen LogP contribution in [0, 0.1) is 0 Å². The van der Waals surface area contributed by atoms with Crippen LogP contribution in [0.2, 0.25) is 0 Å². The molecule has 0 spiro atoms. The summed E-state index contributed by atoms with van der Waals surface area (Å²) in [5.74, 6) is 0. The Balaban J connectivity index is 1.91. The van der Waals surface area contributed by atoms with Gasteiger partial charge in [-0.3, -0.25) is 0 Å². The van der Waals surface area contributed by atoms with Crippen LogP contribution in [0.3, 0.4) is 0 Å². The second-order valence-corrected chi connectivity index (χ2v) is 5.44. The SMILES string of the molecule is Cn1cc(C(O)c2ccccc2)cc1C(O)c1ccccc1. The molecule has 22 heavy (non-hydrogen) atoms. The number of aliphatic hydroxyl groups excluding tert-OH is 2. The molecule has 0 aliphatic rings. The van der Waals surface area contributed by atoms with Crippen LogP contribution in [-0.2, 0) is 7.05 Å².